The molecule has 0 radical (unpaired) electrons. The Bertz CT molecular complexity index is 1070. The molecular weight excluding hydrogens is 394 g/mol. The third-order valence-corrected chi connectivity index (χ3v) is 5.04. The van der Waals surface area contributed by atoms with Crippen molar-refractivity contribution < 1.29 is 18.3 Å². The van der Waals surface area contributed by atoms with Gasteiger partial charge in [-0.15, -0.1) is 5.10 Å². The van der Waals surface area contributed by atoms with Crippen LogP contribution < -0.4 is 10.5 Å². The van der Waals surface area contributed by atoms with Crippen molar-refractivity contribution in [3.05, 3.63) is 64.6 Å². The Hall–Kier alpha value is -3.56. The molecular formula is C20H20F2N6O2. The number of primary amides is 1. The Kier molecular flexibility index (Phi) is 5.30. The summed E-state index contributed by atoms with van der Waals surface area (Å²) in [6, 6.07) is 9.03. The molecule has 3 aromatic rings. The van der Waals surface area contributed by atoms with E-state index in [2.05, 4.69) is 15.3 Å². The van der Waals surface area contributed by atoms with Crippen LogP contribution in [0.3, 0.4) is 0 Å². The standard InChI is InChI=1S/C20H20F2N6O2/c1-12-17(28(26-25-12)15-5-2-13(3-6-15)19(21)22)11-30-18-7-4-14-10-27(20(23)29)9-8-16(14)24-18/h2-7,19H,8-11H2,1H3,(H2,23,29). The first-order valence-electron chi connectivity index (χ1n) is 9.38. The van der Waals surface area contributed by atoms with Crippen molar-refractivity contribution in [1.82, 2.24) is 24.9 Å². The second-order valence-corrected chi connectivity index (χ2v) is 6.98. The SMILES string of the molecule is Cc1nnn(-c2ccc(C(F)F)cc2)c1COc1ccc2c(n1)CCN(C(N)=O)C2. The summed E-state index contributed by atoms with van der Waals surface area (Å²) in [5.74, 6) is 0.446. The number of hydrogen-bond acceptors (Lipinski definition) is 5. The molecule has 0 saturated carbocycles. The van der Waals surface area contributed by atoms with Gasteiger partial charge in [0.1, 0.15) is 12.3 Å². The third-order valence-electron chi connectivity index (χ3n) is 5.04. The first-order chi connectivity index (χ1) is 14.4. The molecule has 2 N–H and O–H groups in total. The highest BCUT2D eigenvalue weighted by Crippen LogP contribution is 2.23. The highest BCUT2D eigenvalue weighted by atomic mass is 19.3. The summed E-state index contributed by atoms with van der Waals surface area (Å²) >= 11 is 0. The predicted octanol–water partition coefficient (Wildman–Crippen LogP) is 2.92. The summed E-state index contributed by atoms with van der Waals surface area (Å²) < 4.78 is 33.0. The van der Waals surface area contributed by atoms with Crippen molar-refractivity contribution in [3.8, 4) is 11.6 Å². The van der Waals surface area contributed by atoms with E-state index in [4.69, 9.17) is 10.5 Å². The van der Waals surface area contributed by atoms with Crippen molar-refractivity contribution in [3.63, 3.8) is 0 Å². The lowest BCUT2D eigenvalue weighted by molar-refractivity contribution is 0.151. The molecule has 156 valence electrons. The molecule has 0 bridgehead atoms. The normalized spacial score (nSPS) is 13.4. The number of halogens is 2. The van der Waals surface area contributed by atoms with Crippen molar-refractivity contribution in [2.45, 2.75) is 32.9 Å². The van der Waals surface area contributed by atoms with Gasteiger partial charge in [0.05, 0.1) is 17.1 Å². The Morgan fingerprint density at radius 2 is 2.00 bits per heavy atom. The van der Waals surface area contributed by atoms with Crippen LogP contribution in [0, 0.1) is 6.92 Å². The molecule has 1 aliphatic rings. The van der Waals surface area contributed by atoms with E-state index in [1.165, 1.54) is 12.1 Å². The molecule has 2 aromatic heterocycles. The number of carbonyl (C=O) groups excluding carboxylic acids is 1. The van der Waals surface area contributed by atoms with E-state index < -0.39 is 12.5 Å². The summed E-state index contributed by atoms with van der Waals surface area (Å²) in [5.41, 5.74) is 9.08. The maximum Gasteiger partial charge on any atom is 0.315 e. The zero-order chi connectivity index (χ0) is 21.3. The molecule has 30 heavy (non-hydrogen) atoms. The molecule has 0 aliphatic carbocycles. The number of aromatic nitrogens is 4. The number of fused-ring (bicyclic) bond motifs is 1. The highest BCUT2D eigenvalue weighted by Gasteiger charge is 2.20. The van der Waals surface area contributed by atoms with Gasteiger partial charge in [-0.1, -0.05) is 23.4 Å². The maximum atomic E-state index is 12.8. The maximum absolute atomic E-state index is 12.8. The second-order valence-electron chi connectivity index (χ2n) is 6.98. The van der Waals surface area contributed by atoms with Gasteiger partial charge in [0.15, 0.2) is 0 Å². The minimum atomic E-state index is -2.52. The van der Waals surface area contributed by atoms with Gasteiger partial charge in [0, 0.05) is 31.1 Å². The van der Waals surface area contributed by atoms with Crippen LogP contribution in [0.1, 0.15) is 34.6 Å². The number of rotatable bonds is 5. The summed E-state index contributed by atoms with van der Waals surface area (Å²) in [6.45, 7) is 2.91. The third kappa shape index (κ3) is 3.93. The van der Waals surface area contributed by atoms with Crippen LogP contribution in [0.25, 0.3) is 5.69 Å². The molecule has 3 heterocycles. The van der Waals surface area contributed by atoms with E-state index >= 15 is 0 Å². The average molecular weight is 414 g/mol. The molecule has 10 heteroatoms. The predicted molar refractivity (Wildman–Crippen MR) is 103 cm³/mol. The number of nitrogens with zero attached hydrogens (tertiary/aromatic N) is 5. The van der Waals surface area contributed by atoms with Gasteiger partial charge in [-0.25, -0.2) is 23.2 Å². The largest absolute Gasteiger partial charge is 0.471 e. The van der Waals surface area contributed by atoms with Gasteiger partial charge in [0.2, 0.25) is 5.88 Å². The summed E-state index contributed by atoms with van der Waals surface area (Å²) in [4.78, 5) is 17.5. The van der Waals surface area contributed by atoms with E-state index in [9.17, 15) is 13.6 Å². The minimum Gasteiger partial charge on any atom is -0.471 e. The number of hydrogen-bond donors (Lipinski definition) is 1. The summed E-state index contributed by atoms with van der Waals surface area (Å²) in [5, 5.41) is 8.17. The monoisotopic (exact) mass is 414 g/mol. The quantitative estimate of drug-likeness (QED) is 0.692. The minimum absolute atomic E-state index is 0.0541. The van der Waals surface area contributed by atoms with Crippen LogP contribution in [0.15, 0.2) is 36.4 Å². The second kappa shape index (κ2) is 8.05. The van der Waals surface area contributed by atoms with Gasteiger partial charge in [-0.05, 0) is 24.6 Å². The van der Waals surface area contributed by atoms with E-state index in [0.29, 0.717) is 42.5 Å². The Morgan fingerprint density at radius 1 is 1.23 bits per heavy atom. The molecule has 0 unspecified atom stereocenters. The van der Waals surface area contributed by atoms with E-state index in [0.717, 1.165) is 11.3 Å². The Balaban J connectivity index is 1.50. The van der Waals surface area contributed by atoms with Crippen molar-refractivity contribution >= 4 is 6.03 Å². The smallest absolute Gasteiger partial charge is 0.315 e. The summed E-state index contributed by atoms with van der Waals surface area (Å²) in [7, 11) is 0. The van der Waals surface area contributed by atoms with Gasteiger partial charge < -0.3 is 15.4 Å². The topological polar surface area (TPSA) is 99.2 Å². The summed E-state index contributed by atoms with van der Waals surface area (Å²) in [6.07, 6.45) is -1.92. The molecule has 0 spiro atoms. The number of pyridine rings is 1. The van der Waals surface area contributed by atoms with Crippen LogP contribution in [0.2, 0.25) is 0 Å². The molecule has 0 fully saturated rings. The van der Waals surface area contributed by atoms with Crippen LogP contribution in [0.5, 0.6) is 5.88 Å². The number of urea groups is 1. The highest BCUT2D eigenvalue weighted by molar-refractivity contribution is 5.72. The van der Waals surface area contributed by atoms with Crippen LogP contribution in [-0.4, -0.2) is 37.5 Å². The van der Waals surface area contributed by atoms with Gasteiger partial charge in [-0.2, -0.15) is 0 Å². The molecule has 1 aliphatic heterocycles. The molecule has 8 nitrogen and oxygen atoms in total. The number of alkyl halides is 2. The van der Waals surface area contributed by atoms with Crippen molar-refractivity contribution in [2.24, 2.45) is 5.73 Å². The number of carbonyl (C=O) groups is 1. The molecule has 1 aromatic carbocycles. The zero-order valence-corrected chi connectivity index (χ0v) is 16.3. The average Bonchev–Trinajstić information content (AvgIpc) is 3.12. The number of benzene rings is 1. The molecule has 4 rings (SSSR count). The van der Waals surface area contributed by atoms with E-state index in [-0.39, 0.29) is 12.2 Å². The van der Waals surface area contributed by atoms with Gasteiger partial charge >= 0.3 is 6.03 Å². The van der Waals surface area contributed by atoms with Crippen LogP contribution >= 0.6 is 0 Å². The zero-order valence-electron chi connectivity index (χ0n) is 16.3. The van der Waals surface area contributed by atoms with E-state index in [1.54, 1.807) is 34.7 Å². The lowest BCUT2D eigenvalue weighted by atomic mass is 10.1. The van der Waals surface area contributed by atoms with Gasteiger partial charge in [0.25, 0.3) is 6.43 Å². The fourth-order valence-corrected chi connectivity index (χ4v) is 3.32. The number of nitrogens with two attached hydrogens (primary N) is 1. The molecule has 2 amide bonds. The number of amides is 2. The first kappa shape index (κ1) is 19.7. The lowest BCUT2D eigenvalue weighted by Gasteiger charge is -2.26. The Morgan fingerprint density at radius 3 is 2.70 bits per heavy atom. The van der Waals surface area contributed by atoms with Crippen molar-refractivity contribution in [2.75, 3.05) is 6.54 Å². The molecule has 0 atom stereocenters. The fourth-order valence-electron chi connectivity index (χ4n) is 3.32. The van der Waals surface area contributed by atoms with Crippen molar-refractivity contribution in [1.29, 1.82) is 0 Å². The first-order valence-corrected chi connectivity index (χ1v) is 9.38. The van der Waals surface area contributed by atoms with Crippen LogP contribution in [-0.2, 0) is 19.6 Å². The lowest BCUT2D eigenvalue weighted by Crippen LogP contribution is -2.39. The number of ether oxygens (including phenoxy) is 1. The van der Waals surface area contributed by atoms with E-state index in [1.807, 2.05) is 6.07 Å². The van der Waals surface area contributed by atoms with Gasteiger partial charge in [-0.3, -0.25) is 0 Å². The Labute approximate surface area is 171 Å². The molecule has 0 saturated heterocycles. The van der Waals surface area contributed by atoms with Crippen LogP contribution in [0.4, 0.5) is 13.6 Å². The fraction of sp³-hybridized carbons (Fsp3) is 0.300. The number of aryl methyl sites for hydroxylation is 1.